The lowest BCUT2D eigenvalue weighted by Gasteiger charge is -2.05. The number of hydrogen-bond acceptors (Lipinski definition) is 6. The number of methoxy groups -OCH3 is 2. The molecule has 0 unspecified atom stereocenters. The van der Waals surface area contributed by atoms with E-state index in [1.807, 2.05) is 12.1 Å². The van der Waals surface area contributed by atoms with Crippen LogP contribution in [0.1, 0.15) is 11.5 Å². The molecule has 0 aliphatic carbocycles. The summed E-state index contributed by atoms with van der Waals surface area (Å²) < 4.78 is 16.0. The molecule has 0 atom stereocenters. The fourth-order valence-corrected chi connectivity index (χ4v) is 2.21. The first kappa shape index (κ1) is 15.5. The average molecular weight is 326 g/mol. The second kappa shape index (κ2) is 6.41. The van der Waals surface area contributed by atoms with Gasteiger partial charge in [-0.1, -0.05) is 0 Å². The van der Waals surface area contributed by atoms with Gasteiger partial charge in [0.05, 0.1) is 19.1 Å². The minimum Gasteiger partial charge on any atom is -0.497 e. The Labute approximate surface area is 137 Å². The number of hydrogen-bond donors (Lipinski definition) is 0. The Hall–Kier alpha value is -3.35. The van der Waals surface area contributed by atoms with E-state index in [0.29, 0.717) is 28.5 Å². The molecule has 0 aliphatic heterocycles. The number of non-ortho nitro benzene ring substituents is 1. The molecule has 1 heterocycles. The van der Waals surface area contributed by atoms with Crippen molar-refractivity contribution in [1.82, 2.24) is 4.98 Å². The molecule has 0 saturated heterocycles. The Morgan fingerprint density at radius 3 is 2.42 bits per heavy atom. The highest BCUT2D eigenvalue weighted by Crippen LogP contribution is 2.25. The lowest BCUT2D eigenvalue weighted by atomic mass is 10.2. The minimum atomic E-state index is -0.466. The maximum atomic E-state index is 10.8. The van der Waals surface area contributed by atoms with Crippen LogP contribution >= 0.6 is 0 Å². The first-order chi connectivity index (χ1) is 11.6. The van der Waals surface area contributed by atoms with E-state index in [0.717, 1.165) is 5.56 Å². The predicted molar refractivity (Wildman–Crippen MR) is 89.1 cm³/mol. The molecule has 0 radical (unpaired) electrons. The van der Waals surface area contributed by atoms with E-state index in [9.17, 15) is 10.1 Å². The van der Waals surface area contributed by atoms with E-state index in [4.69, 9.17) is 13.9 Å². The van der Waals surface area contributed by atoms with E-state index in [1.54, 1.807) is 32.4 Å². The summed E-state index contributed by atoms with van der Waals surface area (Å²) in [5, 5.41) is 10.8. The summed E-state index contributed by atoms with van der Waals surface area (Å²) in [6, 6.07) is 9.75. The molecular weight excluding hydrogens is 312 g/mol. The topological polar surface area (TPSA) is 87.6 Å². The van der Waals surface area contributed by atoms with Crippen LogP contribution in [-0.4, -0.2) is 24.1 Å². The van der Waals surface area contributed by atoms with Crippen LogP contribution in [0.25, 0.3) is 23.3 Å². The smallest absolute Gasteiger partial charge is 0.271 e. The van der Waals surface area contributed by atoms with Crippen molar-refractivity contribution in [2.24, 2.45) is 0 Å². The molecule has 0 N–H and O–H groups in total. The van der Waals surface area contributed by atoms with Crippen molar-refractivity contribution in [3.63, 3.8) is 0 Å². The maximum Gasteiger partial charge on any atom is 0.271 e. The van der Waals surface area contributed by atoms with E-state index >= 15 is 0 Å². The fourth-order valence-electron chi connectivity index (χ4n) is 2.21. The molecule has 3 aromatic rings. The van der Waals surface area contributed by atoms with Gasteiger partial charge in [-0.15, -0.1) is 0 Å². The summed E-state index contributed by atoms with van der Waals surface area (Å²) in [7, 11) is 3.16. The maximum absolute atomic E-state index is 10.8. The molecule has 122 valence electrons. The zero-order valence-corrected chi connectivity index (χ0v) is 13.1. The van der Waals surface area contributed by atoms with Crippen molar-refractivity contribution in [2.45, 2.75) is 0 Å². The number of nitro benzene ring substituents is 1. The van der Waals surface area contributed by atoms with Crippen molar-refractivity contribution < 1.29 is 18.8 Å². The van der Waals surface area contributed by atoms with Gasteiger partial charge in [-0.25, -0.2) is 4.98 Å². The molecule has 0 aliphatic rings. The van der Waals surface area contributed by atoms with Crippen LogP contribution in [0.5, 0.6) is 11.5 Å². The van der Waals surface area contributed by atoms with Crippen molar-refractivity contribution in [2.75, 3.05) is 14.2 Å². The Morgan fingerprint density at radius 1 is 1.08 bits per heavy atom. The highest BCUT2D eigenvalue weighted by atomic mass is 16.6. The number of rotatable bonds is 5. The normalized spacial score (nSPS) is 11.1. The van der Waals surface area contributed by atoms with Crippen LogP contribution in [0, 0.1) is 10.1 Å². The Morgan fingerprint density at radius 2 is 1.79 bits per heavy atom. The molecule has 7 heteroatoms. The summed E-state index contributed by atoms with van der Waals surface area (Å²) in [4.78, 5) is 14.6. The molecule has 7 nitrogen and oxygen atoms in total. The zero-order valence-electron chi connectivity index (χ0n) is 13.1. The molecule has 2 aromatic carbocycles. The van der Waals surface area contributed by atoms with Gasteiger partial charge in [0.1, 0.15) is 17.0 Å². The lowest BCUT2D eigenvalue weighted by molar-refractivity contribution is -0.384. The third-order valence-corrected chi connectivity index (χ3v) is 3.39. The van der Waals surface area contributed by atoms with Gasteiger partial charge in [0.25, 0.3) is 5.69 Å². The summed E-state index contributed by atoms with van der Waals surface area (Å²) >= 11 is 0. The number of nitrogens with zero attached hydrogens (tertiary/aromatic N) is 2. The van der Waals surface area contributed by atoms with E-state index < -0.39 is 4.92 Å². The van der Waals surface area contributed by atoms with Crippen LogP contribution in [-0.2, 0) is 0 Å². The predicted octanol–water partition coefficient (Wildman–Crippen LogP) is 3.92. The molecule has 0 spiro atoms. The monoisotopic (exact) mass is 326 g/mol. The lowest BCUT2D eigenvalue weighted by Crippen LogP contribution is -1.88. The molecule has 3 rings (SSSR count). The molecular formula is C17H14N2O5. The second-order valence-electron chi connectivity index (χ2n) is 4.94. The first-order valence-corrected chi connectivity index (χ1v) is 7.05. The summed E-state index contributed by atoms with van der Waals surface area (Å²) in [5.41, 5.74) is 1.75. The largest absolute Gasteiger partial charge is 0.497 e. The number of ether oxygens (including phenoxy) is 2. The number of aromatic nitrogens is 1. The highest BCUT2D eigenvalue weighted by Gasteiger charge is 2.10. The van der Waals surface area contributed by atoms with Crippen molar-refractivity contribution in [1.29, 1.82) is 0 Å². The van der Waals surface area contributed by atoms with Crippen LogP contribution in [0.3, 0.4) is 0 Å². The molecule has 0 fully saturated rings. The summed E-state index contributed by atoms with van der Waals surface area (Å²) in [6.07, 6.45) is 3.48. The van der Waals surface area contributed by atoms with Gasteiger partial charge in [0.15, 0.2) is 5.58 Å². The second-order valence-corrected chi connectivity index (χ2v) is 4.94. The zero-order chi connectivity index (χ0) is 17.1. The van der Waals surface area contributed by atoms with Gasteiger partial charge in [0.2, 0.25) is 5.89 Å². The van der Waals surface area contributed by atoms with Gasteiger partial charge in [-0.05, 0) is 29.8 Å². The number of nitro groups is 1. The van der Waals surface area contributed by atoms with Gasteiger partial charge >= 0.3 is 0 Å². The Bertz CT molecular complexity index is 908. The third kappa shape index (κ3) is 3.19. The van der Waals surface area contributed by atoms with Gasteiger partial charge in [-0.2, -0.15) is 0 Å². The number of oxazole rings is 1. The Balaban J connectivity index is 1.91. The SMILES string of the molecule is COc1cc(/C=C/c2nc3cc([N+](=O)[O-])ccc3o2)cc(OC)c1. The van der Waals surface area contributed by atoms with E-state index in [-0.39, 0.29) is 5.69 Å². The summed E-state index contributed by atoms with van der Waals surface area (Å²) in [6.45, 7) is 0. The number of fused-ring (bicyclic) bond motifs is 1. The first-order valence-electron chi connectivity index (χ1n) is 7.05. The number of benzene rings is 2. The van der Waals surface area contributed by atoms with Crippen LogP contribution in [0.4, 0.5) is 5.69 Å². The highest BCUT2D eigenvalue weighted by molar-refractivity contribution is 5.78. The minimum absolute atomic E-state index is 0.0242. The molecule has 0 saturated carbocycles. The molecule has 0 amide bonds. The van der Waals surface area contributed by atoms with E-state index in [2.05, 4.69) is 4.98 Å². The van der Waals surface area contributed by atoms with E-state index in [1.165, 1.54) is 18.2 Å². The molecule has 0 bridgehead atoms. The van der Waals surface area contributed by atoms with Crippen molar-refractivity contribution in [3.8, 4) is 11.5 Å². The van der Waals surface area contributed by atoms with Crippen molar-refractivity contribution >= 4 is 28.9 Å². The van der Waals surface area contributed by atoms with Crippen LogP contribution in [0.2, 0.25) is 0 Å². The standard InChI is InChI=1S/C17H14N2O5/c1-22-13-7-11(8-14(10-13)23-2)3-6-17-18-15-9-12(19(20)21)4-5-16(15)24-17/h3-10H,1-2H3/b6-3+. The van der Waals surface area contributed by atoms with Gasteiger partial charge < -0.3 is 13.9 Å². The quantitative estimate of drug-likeness (QED) is 0.521. The van der Waals surface area contributed by atoms with Gasteiger partial charge in [0, 0.05) is 24.3 Å². The fraction of sp³-hybridized carbons (Fsp3) is 0.118. The van der Waals surface area contributed by atoms with Crippen molar-refractivity contribution in [3.05, 3.63) is 58.0 Å². The van der Waals surface area contributed by atoms with Crippen LogP contribution in [0.15, 0.2) is 40.8 Å². The average Bonchev–Trinajstić information content (AvgIpc) is 3.01. The van der Waals surface area contributed by atoms with Crippen LogP contribution < -0.4 is 9.47 Å². The van der Waals surface area contributed by atoms with Gasteiger partial charge in [-0.3, -0.25) is 10.1 Å². The molecule has 1 aromatic heterocycles. The summed E-state index contributed by atoms with van der Waals surface area (Å²) in [5.74, 6) is 1.69. The molecule has 24 heavy (non-hydrogen) atoms. The Kier molecular flexibility index (Phi) is 4.15. The third-order valence-electron chi connectivity index (χ3n) is 3.39.